The number of esters is 1. The maximum Gasteiger partial charge on any atom is 0.302 e. The van der Waals surface area contributed by atoms with Gasteiger partial charge < -0.3 is 9.84 Å². The molecule has 1 amide bonds. The monoisotopic (exact) mass is 267 g/mol. The first-order chi connectivity index (χ1) is 9.08. The van der Waals surface area contributed by atoms with Crippen molar-refractivity contribution in [3.8, 4) is 0 Å². The normalized spacial score (nSPS) is 11.7. The number of amides is 1. The largest absolute Gasteiger partial charge is 0.463 e. The van der Waals surface area contributed by atoms with E-state index in [-0.39, 0.29) is 19.6 Å². The van der Waals surface area contributed by atoms with Crippen molar-refractivity contribution < 1.29 is 24.3 Å². The van der Waals surface area contributed by atoms with Crippen molar-refractivity contribution in [1.82, 2.24) is 5.48 Å². The summed E-state index contributed by atoms with van der Waals surface area (Å²) >= 11 is 0. The van der Waals surface area contributed by atoms with Crippen LogP contribution in [0.1, 0.15) is 18.9 Å². The van der Waals surface area contributed by atoms with Crippen molar-refractivity contribution in [1.29, 1.82) is 0 Å². The maximum absolute atomic E-state index is 11.4. The van der Waals surface area contributed by atoms with Gasteiger partial charge in [0.05, 0.1) is 19.1 Å². The molecular formula is C13H17NO5. The number of aliphatic hydroxyl groups is 1. The standard InChI is InChI=1S/C13H17NO5/c1-10(15)18-9-12(16)7-13(17)14-19-8-11-5-3-2-4-6-11/h2-6,12,16H,7-9H2,1H3,(H,14,17). The Kier molecular flexibility index (Phi) is 6.56. The zero-order valence-electron chi connectivity index (χ0n) is 10.7. The Labute approximate surface area is 111 Å². The summed E-state index contributed by atoms with van der Waals surface area (Å²) in [6.07, 6.45) is -1.23. The van der Waals surface area contributed by atoms with Crippen LogP contribution in [0.3, 0.4) is 0 Å². The zero-order valence-corrected chi connectivity index (χ0v) is 10.7. The van der Waals surface area contributed by atoms with Crippen LogP contribution in [0.15, 0.2) is 30.3 Å². The van der Waals surface area contributed by atoms with Gasteiger partial charge in [0.25, 0.3) is 0 Å². The number of carbonyl (C=O) groups is 2. The highest BCUT2D eigenvalue weighted by atomic mass is 16.6. The molecule has 0 bridgehead atoms. The predicted octanol–water partition coefficient (Wildman–Crippen LogP) is 0.548. The van der Waals surface area contributed by atoms with Gasteiger partial charge in [0.15, 0.2) is 0 Å². The summed E-state index contributed by atoms with van der Waals surface area (Å²) in [6.45, 7) is 1.27. The molecule has 0 saturated carbocycles. The molecule has 1 atom stereocenters. The number of aliphatic hydroxyl groups excluding tert-OH is 1. The van der Waals surface area contributed by atoms with Crippen LogP contribution in [0.25, 0.3) is 0 Å². The Morgan fingerprint density at radius 2 is 2.00 bits per heavy atom. The second kappa shape index (κ2) is 8.23. The minimum Gasteiger partial charge on any atom is -0.463 e. The van der Waals surface area contributed by atoms with Gasteiger partial charge in [-0.15, -0.1) is 0 Å². The molecule has 0 saturated heterocycles. The van der Waals surface area contributed by atoms with E-state index in [0.29, 0.717) is 0 Å². The lowest BCUT2D eigenvalue weighted by atomic mass is 10.2. The molecule has 0 fully saturated rings. The van der Waals surface area contributed by atoms with E-state index in [1.54, 1.807) is 0 Å². The molecular weight excluding hydrogens is 250 g/mol. The Morgan fingerprint density at radius 3 is 2.63 bits per heavy atom. The van der Waals surface area contributed by atoms with E-state index >= 15 is 0 Å². The zero-order chi connectivity index (χ0) is 14.1. The molecule has 1 aromatic carbocycles. The third kappa shape index (κ3) is 7.17. The fourth-order valence-corrected chi connectivity index (χ4v) is 1.30. The number of benzene rings is 1. The van der Waals surface area contributed by atoms with Crippen LogP contribution in [0.2, 0.25) is 0 Å². The van der Waals surface area contributed by atoms with E-state index in [1.807, 2.05) is 30.3 Å². The Bertz CT molecular complexity index is 407. The highest BCUT2D eigenvalue weighted by Crippen LogP contribution is 1.99. The molecule has 0 aliphatic rings. The molecule has 19 heavy (non-hydrogen) atoms. The van der Waals surface area contributed by atoms with E-state index < -0.39 is 18.0 Å². The number of hydrogen-bond acceptors (Lipinski definition) is 5. The van der Waals surface area contributed by atoms with E-state index in [2.05, 4.69) is 10.2 Å². The third-order valence-electron chi connectivity index (χ3n) is 2.17. The van der Waals surface area contributed by atoms with Crippen LogP contribution in [-0.4, -0.2) is 29.7 Å². The molecule has 0 aromatic heterocycles. The molecule has 0 spiro atoms. The first-order valence-electron chi connectivity index (χ1n) is 5.84. The molecule has 0 heterocycles. The summed E-state index contributed by atoms with van der Waals surface area (Å²) in [6, 6.07) is 9.34. The molecule has 6 nitrogen and oxygen atoms in total. The summed E-state index contributed by atoms with van der Waals surface area (Å²) in [5.41, 5.74) is 3.13. The first-order valence-corrected chi connectivity index (χ1v) is 5.84. The van der Waals surface area contributed by atoms with Gasteiger partial charge in [-0.05, 0) is 5.56 Å². The van der Waals surface area contributed by atoms with Crippen LogP contribution >= 0.6 is 0 Å². The van der Waals surface area contributed by atoms with Crippen LogP contribution < -0.4 is 5.48 Å². The minimum atomic E-state index is -1.04. The molecule has 0 radical (unpaired) electrons. The van der Waals surface area contributed by atoms with E-state index in [4.69, 9.17) is 4.84 Å². The Hall–Kier alpha value is -1.92. The minimum absolute atomic E-state index is 0.192. The molecule has 2 N–H and O–H groups in total. The van der Waals surface area contributed by atoms with Gasteiger partial charge in [-0.25, -0.2) is 5.48 Å². The van der Waals surface area contributed by atoms with Gasteiger partial charge >= 0.3 is 5.97 Å². The van der Waals surface area contributed by atoms with Gasteiger partial charge in [0, 0.05) is 6.92 Å². The number of ether oxygens (including phenoxy) is 1. The fraction of sp³-hybridized carbons (Fsp3) is 0.385. The maximum atomic E-state index is 11.4. The average molecular weight is 267 g/mol. The van der Waals surface area contributed by atoms with Crippen molar-refractivity contribution in [2.45, 2.75) is 26.1 Å². The summed E-state index contributed by atoms with van der Waals surface area (Å²) < 4.78 is 4.57. The highest BCUT2D eigenvalue weighted by molar-refractivity contribution is 5.75. The number of hydrogen-bond donors (Lipinski definition) is 2. The third-order valence-corrected chi connectivity index (χ3v) is 2.17. The van der Waals surface area contributed by atoms with Crippen molar-refractivity contribution in [3.05, 3.63) is 35.9 Å². The highest BCUT2D eigenvalue weighted by Gasteiger charge is 2.12. The van der Waals surface area contributed by atoms with Crippen molar-refractivity contribution >= 4 is 11.9 Å². The van der Waals surface area contributed by atoms with E-state index in [1.165, 1.54) is 6.92 Å². The van der Waals surface area contributed by atoms with Crippen molar-refractivity contribution in [2.24, 2.45) is 0 Å². The molecule has 0 aliphatic heterocycles. The Morgan fingerprint density at radius 1 is 1.32 bits per heavy atom. The van der Waals surface area contributed by atoms with Gasteiger partial charge in [0.1, 0.15) is 6.61 Å². The fourth-order valence-electron chi connectivity index (χ4n) is 1.30. The first kappa shape index (κ1) is 15.1. The average Bonchev–Trinajstić information content (AvgIpc) is 2.37. The van der Waals surface area contributed by atoms with Crippen molar-refractivity contribution in [3.63, 3.8) is 0 Å². The number of nitrogens with one attached hydrogen (secondary N) is 1. The van der Waals surface area contributed by atoms with Gasteiger partial charge in [-0.3, -0.25) is 14.4 Å². The smallest absolute Gasteiger partial charge is 0.302 e. The molecule has 1 rings (SSSR count). The molecule has 0 aliphatic carbocycles. The Balaban J connectivity index is 2.15. The molecule has 1 unspecified atom stereocenters. The lowest BCUT2D eigenvalue weighted by Gasteiger charge is -2.10. The van der Waals surface area contributed by atoms with Crippen molar-refractivity contribution in [2.75, 3.05) is 6.61 Å². The van der Waals surface area contributed by atoms with Gasteiger partial charge in [0.2, 0.25) is 5.91 Å². The van der Waals surface area contributed by atoms with Gasteiger partial charge in [-0.1, -0.05) is 30.3 Å². The predicted molar refractivity (Wildman–Crippen MR) is 66.6 cm³/mol. The summed E-state index contributed by atoms with van der Waals surface area (Å²) in [5.74, 6) is -0.977. The van der Waals surface area contributed by atoms with Crippen LogP contribution in [0.5, 0.6) is 0 Å². The second-order valence-corrected chi connectivity index (χ2v) is 3.96. The SMILES string of the molecule is CC(=O)OCC(O)CC(=O)NOCc1ccccc1. The lowest BCUT2D eigenvalue weighted by Crippen LogP contribution is -2.29. The van der Waals surface area contributed by atoms with Gasteiger partial charge in [-0.2, -0.15) is 0 Å². The van der Waals surface area contributed by atoms with Crippen LogP contribution in [0, 0.1) is 0 Å². The lowest BCUT2D eigenvalue weighted by molar-refractivity contribution is -0.147. The molecule has 104 valence electrons. The second-order valence-electron chi connectivity index (χ2n) is 3.96. The van der Waals surface area contributed by atoms with E-state index in [0.717, 1.165) is 5.56 Å². The quantitative estimate of drug-likeness (QED) is 0.556. The number of carbonyl (C=O) groups excluding carboxylic acids is 2. The summed E-state index contributed by atoms with van der Waals surface area (Å²) in [4.78, 5) is 26.8. The van der Waals surface area contributed by atoms with Crippen LogP contribution in [-0.2, 0) is 25.8 Å². The molecule has 1 aromatic rings. The number of hydroxylamine groups is 1. The number of rotatable bonds is 7. The topological polar surface area (TPSA) is 84.9 Å². The summed E-state index contributed by atoms with van der Waals surface area (Å²) in [7, 11) is 0. The summed E-state index contributed by atoms with van der Waals surface area (Å²) in [5, 5.41) is 9.39. The van der Waals surface area contributed by atoms with Crippen LogP contribution in [0.4, 0.5) is 0 Å². The molecule has 6 heteroatoms. The van der Waals surface area contributed by atoms with E-state index in [9.17, 15) is 14.7 Å².